The van der Waals surface area contributed by atoms with E-state index >= 15 is 8.78 Å². The fourth-order valence-electron chi connectivity index (χ4n) is 5.97. The summed E-state index contributed by atoms with van der Waals surface area (Å²) in [6, 6.07) is 6.95. The maximum atomic E-state index is 15.3. The van der Waals surface area contributed by atoms with Gasteiger partial charge >= 0.3 is 18.3 Å². The maximum Gasteiger partial charge on any atom is 0.417 e. The van der Waals surface area contributed by atoms with Crippen molar-refractivity contribution in [3.05, 3.63) is 99.0 Å². The van der Waals surface area contributed by atoms with Gasteiger partial charge in [-0.15, -0.1) is 0 Å². The van der Waals surface area contributed by atoms with E-state index in [4.69, 9.17) is 9.47 Å². The van der Waals surface area contributed by atoms with Crippen molar-refractivity contribution in [2.45, 2.75) is 37.8 Å². The molecular weight excluding hydrogens is 682 g/mol. The lowest BCUT2D eigenvalue weighted by atomic mass is 9.90. The van der Waals surface area contributed by atoms with Crippen LogP contribution in [0.15, 0.2) is 59.4 Å². The molecule has 1 amide bonds. The molecule has 0 radical (unpaired) electrons. The van der Waals surface area contributed by atoms with Crippen molar-refractivity contribution in [2.75, 3.05) is 31.8 Å². The molecule has 2 heterocycles. The molecule has 1 aromatic heterocycles. The zero-order valence-corrected chi connectivity index (χ0v) is 26.6. The van der Waals surface area contributed by atoms with Gasteiger partial charge in [-0.2, -0.15) is 26.3 Å². The molecular formula is C34H29F8N3O5. The van der Waals surface area contributed by atoms with Crippen LogP contribution in [0.5, 0.6) is 0 Å². The van der Waals surface area contributed by atoms with E-state index in [-0.39, 0.29) is 36.2 Å². The second-order valence-electron chi connectivity index (χ2n) is 11.6. The van der Waals surface area contributed by atoms with Crippen LogP contribution in [0.3, 0.4) is 0 Å². The predicted molar refractivity (Wildman–Crippen MR) is 166 cm³/mol. The molecule has 1 fully saturated rings. The number of ether oxygens (including phenoxy) is 2. The maximum absolute atomic E-state index is 15.3. The Bertz CT molecular complexity index is 2000. The lowest BCUT2D eigenvalue weighted by molar-refractivity contribution is -0.167. The van der Waals surface area contributed by atoms with Crippen LogP contribution in [-0.2, 0) is 33.9 Å². The van der Waals surface area contributed by atoms with Crippen molar-refractivity contribution < 1.29 is 54.2 Å². The topological polar surface area (TPSA) is 89.9 Å². The zero-order chi connectivity index (χ0) is 36.7. The third-order valence-corrected chi connectivity index (χ3v) is 8.57. The molecule has 2 atom stereocenters. The molecule has 0 bridgehead atoms. The van der Waals surface area contributed by atoms with E-state index in [2.05, 4.69) is 5.32 Å². The largest absolute Gasteiger partial charge is 0.467 e. The second kappa shape index (κ2) is 13.7. The summed E-state index contributed by atoms with van der Waals surface area (Å²) < 4.78 is 124. The molecule has 3 aromatic carbocycles. The minimum atomic E-state index is -4.88. The quantitative estimate of drug-likeness (QED) is 0.185. The Morgan fingerprint density at radius 1 is 1.00 bits per heavy atom. The number of halogens is 8. The number of amides is 1. The number of rotatable bonds is 7. The normalized spacial score (nSPS) is 16.0. The van der Waals surface area contributed by atoms with E-state index in [1.807, 2.05) is 0 Å². The van der Waals surface area contributed by atoms with Crippen molar-refractivity contribution in [1.29, 1.82) is 0 Å². The highest BCUT2D eigenvalue weighted by molar-refractivity contribution is 6.00. The molecule has 0 unspecified atom stereocenters. The number of morpholine rings is 1. The van der Waals surface area contributed by atoms with Gasteiger partial charge in [0, 0.05) is 31.4 Å². The third-order valence-electron chi connectivity index (χ3n) is 8.57. The first kappa shape index (κ1) is 36.3. The summed E-state index contributed by atoms with van der Waals surface area (Å²) in [6.07, 6.45) is -10.0. The second-order valence-corrected chi connectivity index (χ2v) is 11.6. The first-order valence-electron chi connectivity index (χ1n) is 15.0. The van der Waals surface area contributed by atoms with Crippen molar-refractivity contribution in [2.24, 2.45) is 7.05 Å². The van der Waals surface area contributed by atoms with Crippen LogP contribution < -0.4 is 15.8 Å². The number of nitrogens with zero attached hydrogens (tertiary/aromatic N) is 2. The van der Waals surface area contributed by atoms with Gasteiger partial charge in [0.05, 0.1) is 31.5 Å². The third kappa shape index (κ3) is 7.02. The van der Waals surface area contributed by atoms with Crippen molar-refractivity contribution in [3.63, 3.8) is 0 Å². The molecule has 1 saturated heterocycles. The molecule has 16 heteroatoms. The molecule has 5 rings (SSSR count). The summed E-state index contributed by atoms with van der Waals surface area (Å²) >= 11 is 0. The molecule has 50 heavy (non-hydrogen) atoms. The number of hydrogen-bond acceptors (Lipinski definition) is 6. The number of aryl methyl sites for hydroxylation is 1. The monoisotopic (exact) mass is 711 g/mol. The average molecular weight is 712 g/mol. The summed E-state index contributed by atoms with van der Waals surface area (Å²) in [7, 11) is 2.33. The molecule has 0 aliphatic carbocycles. The van der Waals surface area contributed by atoms with Crippen LogP contribution in [0.25, 0.3) is 21.9 Å². The van der Waals surface area contributed by atoms with Gasteiger partial charge in [-0.25, -0.2) is 13.6 Å². The highest BCUT2D eigenvalue weighted by Crippen LogP contribution is 2.39. The number of alkyl halides is 6. The summed E-state index contributed by atoms with van der Waals surface area (Å²) in [6.45, 7) is 0.125. The minimum Gasteiger partial charge on any atom is -0.467 e. The number of nitrogens with one attached hydrogen (secondary N) is 1. The Morgan fingerprint density at radius 2 is 1.64 bits per heavy atom. The number of esters is 1. The fraction of sp³-hybridized carbons (Fsp3) is 0.324. The number of anilines is 1. The van der Waals surface area contributed by atoms with E-state index in [1.165, 1.54) is 44.3 Å². The van der Waals surface area contributed by atoms with E-state index in [1.54, 1.807) is 6.07 Å². The van der Waals surface area contributed by atoms with E-state index in [9.17, 15) is 40.7 Å². The Hall–Kier alpha value is -4.99. The lowest BCUT2D eigenvalue weighted by Gasteiger charge is -2.38. The average Bonchev–Trinajstić information content (AvgIpc) is 3.05. The highest BCUT2D eigenvalue weighted by atomic mass is 19.4. The van der Waals surface area contributed by atoms with Crippen LogP contribution in [0.1, 0.15) is 27.2 Å². The van der Waals surface area contributed by atoms with Crippen molar-refractivity contribution >= 4 is 28.3 Å². The number of aromatic nitrogens is 1. The summed E-state index contributed by atoms with van der Waals surface area (Å²) in [5, 5.41) is 2.71. The highest BCUT2D eigenvalue weighted by Gasteiger charge is 2.46. The number of carbonyl (C=O) groups excluding carboxylic acids is 2. The summed E-state index contributed by atoms with van der Waals surface area (Å²) in [4.78, 5) is 39.9. The van der Waals surface area contributed by atoms with Crippen LogP contribution in [-0.4, -0.2) is 61.6 Å². The Morgan fingerprint density at radius 3 is 2.24 bits per heavy atom. The van der Waals surface area contributed by atoms with Crippen LogP contribution >= 0.6 is 0 Å². The van der Waals surface area contributed by atoms with E-state index in [0.29, 0.717) is 28.0 Å². The summed E-state index contributed by atoms with van der Waals surface area (Å²) in [5.41, 5.74) is -3.96. The van der Waals surface area contributed by atoms with E-state index in [0.717, 1.165) is 17.7 Å². The summed E-state index contributed by atoms with van der Waals surface area (Å²) in [5.74, 6) is -5.46. The number of methoxy groups -OCH3 is 1. The molecule has 1 aliphatic rings. The first-order valence-corrected chi connectivity index (χ1v) is 15.0. The molecule has 8 nitrogen and oxygen atoms in total. The molecule has 0 saturated carbocycles. The zero-order valence-electron chi connectivity index (χ0n) is 26.6. The number of hydrogen-bond donors (Lipinski definition) is 1. The molecule has 1 N–H and O–H groups in total. The number of carbonyl (C=O) groups is 2. The smallest absolute Gasteiger partial charge is 0.417 e. The SMILES string of the molecule is COC(=O)[C@H](Cc1ccc(-c2c(C(F)(F)F)cc(C)n(C)c2=O)c2ccccc12)NC(=O)c1c(F)cc(N2CCOC[C@@H]2C(F)(F)F)cc1F. The van der Waals surface area contributed by atoms with Gasteiger partial charge < -0.3 is 24.3 Å². The molecule has 266 valence electrons. The Kier molecular flexibility index (Phi) is 9.96. The van der Waals surface area contributed by atoms with Gasteiger partial charge in [0.25, 0.3) is 11.5 Å². The van der Waals surface area contributed by atoms with Crippen LogP contribution in [0, 0.1) is 18.6 Å². The van der Waals surface area contributed by atoms with Gasteiger partial charge in [-0.1, -0.05) is 36.4 Å². The van der Waals surface area contributed by atoms with Gasteiger partial charge in [0.15, 0.2) is 0 Å². The first-order chi connectivity index (χ1) is 23.4. The molecule has 1 aliphatic heterocycles. The lowest BCUT2D eigenvalue weighted by Crippen LogP contribution is -2.53. The minimum absolute atomic E-state index is 0.0480. The number of fused-ring (bicyclic) bond motifs is 1. The van der Waals surface area contributed by atoms with Crippen molar-refractivity contribution in [3.8, 4) is 11.1 Å². The molecule has 4 aromatic rings. The Labute approximate surface area is 279 Å². The van der Waals surface area contributed by atoms with Crippen LogP contribution in [0.4, 0.5) is 40.8 Å². The predicted octanol–water partition coefficient (Wildman–Crippen LogP) is 6.09. The van der Waals surface area contributed by atoms with Gasteiger partial charge in [0.2, 0.25) is 0 Å². The molecule has 0 spiro atoms. The fourth-order valence-corrected chi connectivity index (χ4v) is 5.97. The van der Waals surface area contributed by atoms with E-state index < -0.39 is 82.5 Å². The number of pyridine rings is 1. The Balaban J connectivity index is 1.50. The van der Waals surface area contributed by atoms with Gasteiger partial charge in [-0.3, -0.25) is 9.59 Å². The standard InChI is InChI=1S/C34H29F8N3O5/c1-17-12-23(33(37,38)39)28(31(47)44(17)2)22-9-8-18(20-6-4-5-7-21(20)22)13-26(32(48)49-3)43-30(46)29-24(35)14-19(15-25(29)36)45-10-11-50-16-27(45)34(40,41)42/h4-9,12,14-15,26-27H,10-11,13,16H2,1-3H3,(H,43,46)/t26-,27+/m0/s1. The number of benzene rings is 3. The van der Waals surface area contributed by atoms with Crippen LogP contribution in [0.2, 0.25) is 0 Å². The van der Waals surface area contributed by atoms with Crippen molar-refractivity contribution in [1.82, 2.24) is 9.88 Å². The van der Waals surface area contributed by atoms with Gasteiger partial charge in [-0.05, 0) is 47.0 Å². The van der Waals surface area contributed by atoms with Gasteiger partial charge in [0.1, 0.15) is 29.3 Å².